The van der Waals surface area contributed by atoms with Crippen LogP contribution in [0.1, 0.15) is 245 Å². The molecule has 1 unspecified atom stereocenters. The number of hydrogen-bond donors (Lipinski definition) is 0. The third-order valence-electron chi connectivity index (χ3n) is 10.2. The minimum absolute atomic E-state index is 0.0699. The molecule has 6 heteroatoms. The van der Waals surface area contributed by atoms with Crippen LogP contribution >= 0.6 is 0 Å². The first-order chi connectivity index (χ1) is 26.5. The summed E-state index contributed by atoms with van der Waals surface area (Å²) < 4.78 is 16.6. The molecule has 0 rings (SSSR count). The summed E-state index contributed by atoms with van der Waals surface area (Å²) in [6.45, 7) is 6.52. The number of unbranched alkanes of at least 4 members (excludes halogenated alkanes) is 27. The van der Waals surface area contributed by atoms with Gasteiger partial charge in [0.15, 0.2) is 6.10 Å². The molecule has 0 saturated heterocycles. The third-order valence-corrected chi connectivity index (χ3v) is 10.2. The van der Waals surface area contributed by atoms with Gasteiger partial charge in [-0.1, -0.05) is 199 Å². The molecular weight excluding hydrogens is 673 g/mol. The fourth-order valence-electron chi connectivity index (χ4n) is 6.65. The molecule has 0 aromatic heterocycles. The summed E-state index contributed by atoms with van der Waals surface area (Å²) in [6.07, 6.45) is 47.8. The second-order valence-corrected chi connectivity index (χ2v) is 15.7. The number of esters is 3. The van der Waals surface area contributed by atoms with Gasteiger partial charge in [-0.05, 0) is 51.4 Å². The summed E-state index contributed by atoms with van der Waals surface area (Å²) in [5.74, 6) is -0.884. The van der Waals surface area contributed by atoms with Gasteiger partial charge >= 0.3 is 17.9 Å². The highest BCUT2D eigenvalue weighted by Crippen LogP contribution is 2.15. The van der Waals surface area contributed by atoms with E-state index in [0.717, 1.165) is 64.2 Å². The van der Waals surface area contributed by atoms with E-state index < -0.39 is 6.10 Å². The fraction of sp³-hybridized carbons (Fsp3) is 0.854. The van der Waals surface area contributed by atoms with Crippen LogP contribution in [0.3, 0.4) is 0 Å². The first-order valence-electron chi connectivity index (χ1n) is 23.3. The molecule has 0 bridgehead atoms. The van der Waals surface area contributed by atoms with Crippen molar-refractivity contribution in [2.45, 2.75) is 252 Å². The van der Waals surface area contributed by atoms with Crippen LogP contribution < -0.4 is 0 Å². The van der Waals surface area contributed by atoms with Gasteiger partial charge in [-0.25, -0.2) is 0 Å². The van der Waals surface area contributed by atoms with Gasteiger partial charge in [-0.2, -0.15) is 0 Å². The van der Waals surface area contributed by atoms with Crippen LogP contribution in [0.4, 0.5) is 0 Å². The van der Waals surface area contributed by atoms with Crippen LogP contribution in [0.15, 0.2) is 24.3 Å². The van der Waals surface area contributed by atoms with E-state index in [1.54, 1.807) is 0 Å². The van der Waals surface area contributed by atoms with Gasteiger partial charge in [0.25, 0.3) is 0 Å². The number of carbonyl (C=O) groups is 3. The quantitative estimate of drug-likeness (QED) is 0.0267. The van der Waals surface area contributed by atoms with Gasteiger partial charge in [0.2, 0.25) is 0 Å². The SMILES string of the molecule is CCCCCCC/C=C\C/C=C\CCCCCCCCCCCCCC(=O)OCC(COC(=O)CCCCCCCC)OC(=O)CCCCCCCCC. The highest BCUT2D eigenvalue weighted by molar-refractivity contribution is 5.71. The molecule has 0 aliphatic rings. The van der Waals surface area contributed by atoms with Gasteiger partial charge in [-0.3, -0.25) is 14.4 Å². The van der Waals surface area contributed by atoms with Crippen molar-refractivity contribution in [1.29, 1.82) is 0 Å². The van der Waals surface area contributed by atoms with Crippen LogP contribution in [0.5, 0.6) is 0 Å². The van der Waals surface area contributed by atoms with Crippen molar-refractivity contribution in [3.63, 3.8) is 0 Å². The van der Waals surface area contributed by atoms with Crippen molar-refractivity contribution in [2.75, 3.05) is 13.2 Å². The molecule has 0 aliphatic carbocycles. The maximum atomic E-state index is 12.6. The predicted molar refractivity (Wildman–Crippen MR) is 229 cm³/mol. The van der Waals surface area contributed by atoms with Crippen molar-refractivity contribution < 1.29 is 28.6 Å². The van der Waals surface area contributed by atoms with Gasteiger partial charge in [0, 0.05) is 19.3 Å². The first kappa shape index (κ1) is 51.9. The standard InChI is InChI=1S/C48H88O6/c1-4-7-10-13-16-17-18-19-20-21-22-23-24-25-26-27-28-29-30-31-33-35-38-41-47(50)53-44-45(43-52-46(49)40-37-34-15-12-9-6-3)54-48(51)42-39-36-32-14-11-8-5-2/h18-19,21-22,45H,4-17,20,23-44H2,1-3H3/b19-18-,22-21-. The van der Waals surface area contributed by atoms with Crippen LogP contribution in [0.25, 0.3) is 0 Å². The van der Waals surface area contributed by atoms with Crippen LogP contribution in [-0.4, -0.2) is 37.2 Å². The lowest BCUT2D eigenvalue weighted by Gasteiger charge is -2.18. The summed E-state index contributed by atoms with van der Waals surface area (Å²) in [5.41, 5.74) is 0. The monoisotopic (exact) mass is 761 g/mol. The Morgan fingerprint density at radius 2 is 0.667 bits per heavy atom. The minimum Gasteiger partial charge on any atom is -0.462 e. The molecule has 0 aliphatic heterocycles. The Bertz CT molecular complexity index is 880. The average molecular weight is 761 g/mol. The lowest BCUT2D eigenvalue weighted by Crippen LogP contribution is -2.30. The molecule has 0 fully saturated rings. The molecule has 0 amide bonds. The lowest BCUT2D eigenvalue weighted by atomic mass is 10.0. The van der Waals surface area contributed by atoms with Crippen LogP contribution in [0, 0.1) is 0 Å². The highest BCUT2D eigenvalue weighted by Gasteiger charge is 2.19. The van der Waals surface area contributed by atoms with E-state index in [2.05, 4.69) is 45.1 Å². The number of carbonyl (C=O) groups excluding carboxylic acids is 3. The maximum Gasteiger partial charge on any atom is 0.306 e. The van der Waals surface area contributed by atoms with Crippen LogP contribution in [-0.2, 0) is 28.6 Å². The van der Waals surface area contributed by atoms with E-state index in [1.807, 2.05) is 0 Å². The molecule has 316 valence electrons. The Hall–Kier alpha value is -2.11. The van der Waals surface area contributed by atoms with E-state index in [9.17, 15) is 14.4 Å². The topological polar surface area (TPSA) is 78.9 Å². The van der Waals surface area contributed by atoms with Gasteiger partial charge in [-0.15, -0.1) is 0 Å². The van der Waals surface area contributed by atoms with Crippen molar-refractivity contribution >= 4 is 17.9 Å². The maximum absolute atomic E-state index is 12.6. The van der Waals surface area contributed by atoms with Crippen molar-refractivity contribution in [1.82, 2.24) is 0 Å². The van der Waals surface area contributed by atoms with Crippen molar-refractivity contribution in [3.8, 4) is 0 Å². The van der Waals surface area contributed by atoms with Crippen molar-refractivity contribution in [3.05, 3.63) is 24.3 Å². The Morgan fingerprint density at radius 3 is 1.02 bits per heavy atom. The molecule has 0 radical (unpaired) electrons. The molecule has 0 heterocycles. The summed E-state index contributed by atoms with van der Waals surface area (Å²) in [4.78, 5) is 37.4. The van der Waals surface area contributed by atoms with E-state index in [0.29, 0.717) is 19.3 Å². The zero-order chi connectivity index (χ0) is 39.4. The van der Waals surface area contributed by atoms with Crippen molar-refractivity contribution in [2.24, 2.45) is 0 Å². The summed E-state index contributed by atoms with van der Waals surface area (Å²) >= 11 is 0. The van der Waals surface area contributed by atoms with E-state index in [4.69, 9.17) is 14.2 Å². The number of rotatable bonds is 42. The van der Waals surface area contributed by atoms with E-state index in [1.165, 1.54) is 141 Å². The molecule has 0 spiro atoms. The second kappa shape index (κ2) is 43.6. The molecule has 0 aromatic rings. The molecule has 0 N–H and O–H groups in total. The Balaban J connectivity index is 4.02. The summed E-state index contributed by atoms with van der Waals surface area (Å²) in [7, 11) is 0. The number of ether oxygens (including phenoxy) is 3. The molecule has 54 heavy (non-hydrogen) atoms. The molecular formula is C48H88O6. The molecule has 6 nitrogen and oxygen atoms in total. The zero-order valence-corrected chi connectivity index (χ0v) is 36.0. The molecule has 1 atom stereocenters. The summed E-state index contributed by atoms with van der Waals surface area (Å²) in [5, 5.41) is 0. The van der Waals surface area contributed by atoms with Gasteiger partial charge in [0.1, 0.15) is 13.2 Å². The van der Waals surface area contributed by atoms with E-state index >= 15 is 0 Å². The second-order valence-electron chi connectivity index (χ2n) is 15.7. The lowest BCUT2D eigenvalue weighted by molar-refractivity contribution is -0.167. The number of allylic oxidation sites excluding steroid dienone is 4. The smallest absolute Gasteiger partial charge is 0.306 e. The normalized spacial score (nSPS) is 12.1. The molecule has 0 saturated carbocycles. The fourth-order valence-corrected chi connectivity index (χ4v) is 6.65. The minimum atomic E-state index is -0.761. The molecule has 0 aromatic carbocycles. The highest BCUT2D eigenvalue weighted by atomic mass is 16.6. The van der Waals surface area contributed by atoms with Gasteiger partial charge < -0.3 is 14.2 Å². The Labute approximate surface area is 334 Å². The van der Waals surface area contributed by atoms with Gasteiger partial charge in [0.05, 0.1) is 0 Å². The third kappa shape index (κ3) is 41.1. The predicted octanol–water partition coefficient (Wildman–Crippen LogP) is 14.8. The van der Waals surface area contributed by atoms with E-state index in [-0.39, 0.29) is 31.1 Å². The number of hydrogen-bond acceptors (Lipinski definition) is 6. The zero-order valence-electron chi connectivity index (χ0n) is 36.0. The van der Waals surface area contributed by atoms with Crippen LogP contribution in [0.2, 0.25) is 0 Å². The summed E-state index contributed by atoms with van der Waals surface area (Å²) in [6, 6.07) is 0. The Kier molecular flexibility index (Phi) is 41.9. The largest absolute Gasteiger partial charge is 0.462 e. The first-order valence-corrected chi connectivity index (χ1v) is 23.3. The Morgan fingerprint density at radius 1 is 0.370 bits per heavy atom. The average Bonchev–Trinajstić information content (AvgIpc) is 3.17.